The lowest BCUT2D eigenvalue weighted by atomic mass is 10.0. The number of hydrogen-bond acceptors (Lipinski definition) is 4. The second-order valence-electron chi connectivity index (χ2n) is 10.6. The predicted molar refractivity (Wildman–Crippen MR) is 179 cm³/mol. The van der Waals surface area contributed by atoms with E-state index in [1.54, 1.807) is 0 Å². The van der Waals surface area contributed by atoms with Gasteiger partial charge in [0, 0.05) is 39.1 Å². The van der Waals surface area contributed by atoms with Crippen molar-refractivity contribution in [2.75, 3.05) is 0 Å². The van der Waals surface area contributed by atoms with Gasteiger partial charge in [0.2, 0.25) is 0 Å². The summed E-state index contributed by atoms with van der Waals surface area (Å²) >= 11 is 6.76. The van der Waals surface area contributed by atoms with Gasteiger partial charge in [0.25, 0.3) is 0 Å². The van der Waals surface area contributed by atoms with Crippen molar-refractivity contribution in [3.63, 3.8) is 0 Å². The van der Waals surface area contributed by atoms with Crippen molar-refractivity contribution in [1.82, 2.24) is 15.0 Å². The summed E-state index contributed by atoms with van der Waals surface area (Å²) in [6, 6.07) is 48.8. The van der Waals surface area contributed by atoms with Crippen LogP contribution in [0.15, 0.2) is 150 Å². The number of rotatable bonds is 5. The molecule has 2 heterocycles. The van der Waals surface area contributed by atoms with Crippen LogP contribution in [0.1, 0.15) is 0 Å². The average molecular weight is 586 g/mol. The van der Waals surface area contributed by atoms with Crippen LogP contribution in [0.25, 0.3) is 78.4 Å². The normalized spacial score (nSPS) is 11.3. The van der Waals surface area contributed by atoms with Gasteiger partial charge in [0.15, 0.2) is 17.5 Å². The Balaban J connectivity index is 1.33. The van der Waals surface area contributed by atoms with Gasteiger partial charge in [-0.1, -0.05) is 139 Å². The van der Waals surface area contributed by atoms with Crippen LogP contribution in [0.2, 0.25) is 5.02 Å². The molecule has 44 heavy (non-hydrogen) atoms. The number of halogens is 1. The number of aromatic nitrogens is 3. The third kappa shape index (κ3) is 4.72. The van der Waals surface area contributed by atoms with Crippen LogP contribution in [0.4, 0.5) is 0 Å². The highest BCUT2D eigenvalue weighted by atomic mass is 35.5. The molecule has 8 rings (SSSR count). The van der Waals surface area contributed by atoms with Crippen molar-refractivity contribution in [3.05, 3.63) is 151 Å². The minimum Gasteiger partial charge on any atom is -0.456 e. The highest BCUT2D eigenvalue weighted by molar-refractivity contribution is 6.34. The topological polar surface area (TPSA) is 51.8 Å². The third-order valence-electron chi connectivity index (χ3n) is 7.83. The number of fused-ring (bicyclic) bond motifs is 3. The molecule has 5 heteroatoms. The van der Waals surface area contributed by atoms with E-state index in [9.17, 15) is 0 Å². The molecule has 0 aliphatic rings. The van der Waals surface area contributed by atoms with E-state index < -0.39 is 0 Å². The molecule has 4 nitrogen and oxygen atoms in total. The molecule has 0 atom stereocenters. The van der Waals surface area contributed by atoms with E-state index in [4.69, 9.17) is 31.0 Å². The van der Waals surface area contributed by atoms with Gasteiger partial charge in [-0.2, -0.15) is 0 Å². The van der Waals surface area contributed by atoms with E-state index in [2.05, 4.69) is 54.6 Å². The van der Waals surface area contributed by atoms with E-state index in [1.807, 2.05) is 91.0 Å². The second kappa shape index (κ2) is 10.9. The summed E-state index contributed by atoms with van der Waals surface area (Å²) in [5.41, 5.74) is 8.43. The third-order valence-corrected chi connectivity index (χ3v) is 8.14. The van der Waals surface area contributed by atoms with E-state index in [-0.39, 0.29) is 0 Å². The molecule has 6 aromatic carbocycles. The zero-order valence-electron chi connectivity index (χ0n) is 23.5. The first-order chi connectivity index (χ1) is 21.7. The molecule has 8 aromatic rings. The van der Waals surface area contributed by atoms with Crippen LogP contribution < -0.4 is 0 Å². The molecular weight excluding hydrogens is 562 g/mol. The number of hydrogen-bond donors (Lipinski definition) is 0. The van der Waals surface area contributed by atoms with Crippen molar-refractivity contribution in [3.8, 4) is 56.4 Å². The van der Waals surface area contributed by atoms with Crippen molar-refractivity contribution < 1.29 is 4.42 Å². The lowest BCUT2D eigenvalue weighted by Gasteiger charge is -2.10. The highest BCUT2D eigenvalue weighted by Gasteiger charge is 2.19. The van der Waals surface area contributed by atoms with E-state index in [1.165, 1.54) is 0 Å². The lowest BCUT2D eigenvalue weighted by molar-refractivity contribution is 0.669. The second-order valence-corrected chi connectivity index (χ2v) is 11.0. The molecule has 0 saturated heterocycles. The Morgan fingerprint density at radius 3 is 1.59 bits per heavy atom. The molecule has 0 aliphatic heterocycles. The summed E-state index contributed by atoms with van der Waals surface area (Å²) in [6.07, 6.45) is 0. The zero-order chi connectivity index (χ0) is 29.5. The Labute approximate surface area is 259 Å². The van der Waals surface area contributed by atoms with Gasteiger partial charge in [0.05, 0.1) is 5.02 Å². The fraction of sp³-hybridized carbons (Fsp3) is 0. The summed E-state index contributed by atoms with van der Waals surface area (Å²) in [6.45, 7) is 0. The first kappa shape index (κ1) is 26.1. The van der Waals surface area contributed by atoms with Gasteiger partial charge in [0.1, 0.15) is 11.2 Å². The summed E-state index contributed by atoms with van der Waals surface area (Å²) in [4.78, 5) is 15.0. The van der Waals surface area contributed by atoms with Crippen LogP contribution >= 0.6 is 11.6 Å². The van der Waals surface area contributed by atoms with E-state index in [0.29, 0.717) is 28.1 Å². The monoisotopic (exact) mass is 585 g/mol. The Bertz CT molecular complexity index is 2260. The molecule has 0 N–H and O–H groups in total. The predicted octanol–water partition coefficient (Wildman–Crippen LogP) is 10.8. The summed E-state index contributed by atoms with van der Waals surface area (Å²) < 4.78 is 6.32. The summed E-state index contributed by atoms with van der Waals surface area (Å²) in [5.74, 6) is 1.78. The Morgan fingerprint density at radius 2 is 0.932 bits per heavy atom. The maximum Gasteiger partial charge on any atom is 0.164 e. The first-order valence-electron chi connectivity index (χ1n) is 14.4. The van der Waals surface area contributed by atoms with Crippen LogP contribution in [-0.4, -0.2) is 15.0 Å². The minimum absolute atomic E-state index is 0.575. The summed E-state index contributed by atoms with van der Waals surface area (Å²) in [7, 11) is 0. The molecule has 0 radical (unpaired) electrons. The summed E-state index contributed by atoms with van der Waals surface area (Å²) in [5, 5.41) is 2.53. The van der Waals surface area contributed by atoms with Gasteiger partial charge in [-0.25, -0.2) is 15.0 Å². The minimum atomic E-state index is 0.575. The van der Waals surface area contributed by atoms with Crippen molar-refractivity contribution in [1.29, 1.82) is 0 Å². The Morgan fingerprint density at radius 1 is 0.409 bits per heavy atom. The molecular formula is C39H24ClN3O. The van der Waals surface area contributed by atoms with Gasteiger partial charge < -0.3 is 4.42 Å². The molecule has 0 spiro atoms. The molecule has 0 unspecified atom stereocenters. The van der Waals surface area contributed by atoms with Crippen LogP contribution in [0.5, 0.6) is 0 Å². The van der Waals surface area contributed by atoms with Crippen LogP contribution in [0.3, 0.4) is 0 Å². The molecule has 0 aliphatic carbocycles. The van der Waals surface area contributed by atoms with E-state index in [0.717, 1.165) is 55.3 Å². The van der Waals surface area contributed by atoms with E-state index >= 15 is 0 Å². The van der Waals surface area contributed by atoms with Gasteiger partial charge in [-0.05, 0) is 28.8 Å². The molecule has 0 bridgehead atoms. The number of furan rings is 1. The maximum absolute atomic E-state index is 6.76. The number of benzene rings is 6. The first-order valence-corrected chi connectivity index (χ1v) is 14.8. The number of nitrogens with zero attached hydrogens (tertiary/aromatic N) is 3. The molecule has 2 aromatic heterocycles. The Hall–Kier alpha value is -5.58. The van der Waals surface area contributed by atoms with Gasteiger partial charge in [-0.15, -0.1) is 0 Å². The molecule has 208 valence electrons. The highest BCUT2D eigenvalue weighted by Crippen LogP contribution is 2.41. The standard InChI is InChI=1S/C39H24ClN3O/c40-33-24-35-32(23-31(33)27-13-6-2-7-14-27)36-30(17-10-18-34(36)44-35)39-42-37(28-15-8-3-9-16-28)41-38(43-39)29-21-19-26(20-22-29)25-11-4-1-5-12-25/h1-24H. The van der Waals surface area contributed by atoms with Gasteiger partial charge >= 0.3 is 0 Å². The van der Waals surface area contributed by atoms with Crippen molar-refractivity contribution >= 4 is 33.5 Å². The SMILES string of the molecule is Clc1cc2oc3cccc(-c4nc(-c5ccccc5)nc(-c5ccc(-c6ccccc6)cc5)n4)c3c2cc1-c1ccccc1. The van der Waals surface area contributed by atoms with Crippen molar-refractivity contribution in [2.45, 2.75) is 0 Å². The fourth-order valence-corrected chi connectivity index (χ4v) is 5.92. The molecule has 0 saturated carbocycles. The maximum atomic E-state index is 6.76. The van der Waals surface area contributed by atoms with Crippen LogP contribution in [0, 0.1) is 0 Å². The fourth-order valence-electron chi connectivity index (χ4n) is 5.66. The molecule has 0 fully saturated rings. The van der Waals surface area contributed by atoms with Gasteiger partial charge in [-0.3, -0.25) is 0 Å². The lowest BCUT2D eigenvalue weighted by Crippen LogP contribution is -2.00. The average Bonchev–Trinajstić information content (AvgIpc) is 3.46. The van der Waals surface area contributed by atoms with Crippen molar-refractivity contribution in [2.24, 2.45) is 0 Å². The zero-order valence-corrected chi connectivity index (χ0v) is 24.2. The quantitative estimate of drug-likeness (QED) is 0.201. The largest absolute Gasteiger partial charge is 0.456 e. The smallest absolute Gasteiger partial charge is 0.164 e. The molecule has 0 amide bonds. The van der Waals surface area contributed by atoms with Crippen LogP contribution in [-0.2, 0) is 0 Å². The Kier molecular flexibility index (Phi) is 6.47.